The molecule has 0 unspecified atom stereocenters. The molecule has 0 saturated carbocycles. The van der Waals surface area contributed by atoms with Gasteiger partial charge < -0.3 is 9.92 Å². The first-order valence-electron chi connectivity index (χ1n) is 5.79. The van der Waals surface area contributed by atoms with Crippen LogP contribution in [0.2, 0.25) is 0 Å². The van der Waals surface area contributed by atoms with E-state index in [0.717, 1.165) is 5.56 Å². The molecule has 0 aliphatic carbocycles. The normalized spacial score (nSPS) is 11.1. The molecule has 0 saturated heterocycles. The Bertz CT molecular complexity index is 719. The van der Waals surface area contributed by atoms with Crippen LogP contribution in [0.3, 0.4) is 0 Å². The smallest absolute Gasteiger partial charge is 0.339 e. The molecule has 2 aromatic rings. The molecule has 6 heteroatoms. The van der Waals surface area contributed by atoms with Gasteiger partial charge in [-0.2, -0.15) is 8.42 Å². The lowest BCUT2D eigenvalue weighted by Gasteiger charge is -2.07. The Labute approximate surface area is 117 Å². The van der Waals surface area contributed by atoms with Crippen LogP contribution in [-0.4, -0.2) is 14.3 Å². The van der Waals surface area contributed by atoms with E-state index < -0.39 is 16.0 Å². The van der Waals surface area contributed by atoms with Crippen molar-refractivity contribution >= 4 is 16.0 Å². The molecule has 20 heavy (non-hydrogen) atoms. The lowest BCUT2D eigenvalue weighted by atomic mass is 10.2. The third-order valence-electron chi connectivity index (χ3n) is 2.65. The van der Waals surface area contributed by atoms with Crippen LogP contribution in [0.4, 0.5) is 0 Å². The fourth-order valence-electron chi connectivity index (χ4n) is 1.55. The predicted octanol–water partition coefficient (Wildman–Crippen LogP) is 1.86. The lowest BCUT2D eigenvalue weighted by molar-refractivity contribution is 0.1000. The average molecular weight is 291 g/mol. The summed E-state index contributed by atoms with van der Waals surface area (Å²) in [7, 11) is -3.92. The third-order valence-corrected chi connectivity index (χ3v) is 3.92. The molecule has 104 valence electrons. The summed E-state index contributed by atoms with van der Waals surface area (Å²) in [6.45, 7) is 1.89. The summed E-state index contributed by atoms with van der Waals surface area (Å²) in [6, 6.07) is 11.9. The monoisotopic (exact) mass is 291 g/mol. The van der Waals surface area contributed by atoms with Gasteiger partial charge in [0.05, 0.1) is 0 Å². The minimum Gasteiger partial charge on any atom is -0.379 e. The van der Waals surface area contributed by atoms with E-state index in [4.69, 9.17) is 9.92 Å². The van der Waals surface area contributed by atoms with Crippen molar-refractivity contribution in [2.75, 3.05) is 0 Å². The van der Waals surface area contributed by atoms with Crippen molar-refractivity contribution in [1.82, 2.24) is 0 Å². The maximum Gasteiger partial charge on any atom is 0.339 e. The number of amides is 1. The molecule has 1 amide bonds. The van der Waals surface area contributed by atoms with E-state index in [2.05, 4.69) is 0 Å². The third kappa shape index (κ3) is 3.16. The number of nitrogens with two attached hydrogens (primary N) is 1. The number of rotatable bonds is 4. The first-order valence-corrected chi connectivity index (χ1v) is 7.20. The molecular weight excluding hydrogens is 278 g/mol. The average Bonchev–Trinajstić information content (AvgIpc) is 2.41. The van der Waals surface area contributed by atoms with Gasteiger partial charge >= 0.3 is 10.1 Å². The first kappa shape index (κ1) is 14.1. The Hall–Kier alpha value is -2.34. The van der Waals surface area contributed by atoms with Crippen molar-refractivity contribution in [2.45, 2.75) is 11.8 Å². The molecule has 5 nitrogen and oxygen atoms in total. The van der Waals surface area contributed by atoms with Crippen molar-refractivity contribution in [3.63, 3.8) is 0 Å². The van der Waals surface area contributed by atoms with Gasteiger partial charge in [-0.1, -0.05) is 17.7 Å². The molecule has 0 aliphatic heterocycles. The SMILES string of the molecule is Cc1ccc(OS(=O)(=O)c2ccc(C(N)=O)cc2)cc1. The molecule has 0 spiro atoms. The van der Waals surface area contributed by atoms with Gasteiger partial charge in [0.15, 0.2) is 0 Å². The van der Waals surface area contributed by atoms with E-state index in [-0.39, 0.29) is 16.2 Å². The Morgan fingerprint density at radius 2 is 1.55 bits per heavy atom. The largest absolute Gasteiger partial charge is 0.379 e. The highest BCUT2D eigenvalue weighted by molar-refractivity contribution is 7.87. The molecule has 2 rings (SSSR count). The van der Waals surface area contributed by atoms with Crippen LogP contribution < -0.4 is 9.92 Å². The van der Waals surface area contributed by atoms with Crippen LogP contribution in [0.15, 0.2) is 53.4 Å². The summed E-state index contributed by atoms with van der Waals surface area (Å²) in [4.78, 5) is 10.9. The summed E-state index contributed by atoms with van der Waals surface area (Å²) in [5.74, 6) is -0.386. The van der Waals surface area contributed by atoms with Crippen LogP contribution in [0, 0.1) is 6.92 Å². The molecule has 2 N–H and O–H groups in total. The van der Waals surface area contributed by atoms with Crippen LogP contribution in [0.25, 0.3) is 0 Å². The minimum absolute atomic E-state index is 0.0388. The topological polar surface area (TPSA) is 86.5 Å². The molecule has 2 aromatic carbocycles. The van der Waals surface area contributed by atoms with Crippen molar-refractivity contribution in [3.05, 3.63) is 59.7 Å². The van der Waals surface area contributed by atoms with E-state index in [1.54, 1.807) is 24.3 Å². The second-order valence-corrected chi connectivity index (χ2v) is 5.79. The summed E-state index contributed by atoms with van der Waals surface area (Å²) in [5, 5.41) is 0. The van der Waals surface area contributed by atoms with Crippen LogP contribution in [-0.2, 0) is 10.1 Å². The maximum atomic E-state index is 12.0. The Morgan fingerprint density at radius 3 is 2.05 bits per heavy atom. The van der Waals surface area contributed by atoms with Gasteiger partial charge in [-0.25, -0.2) is 0 Å². The molecule has 0 heterocycles. The zero-order chi connectivity index (χ0) is 14.8. The quantitative estimate of drug-likeness (QED) is 0.871. The molecule has 0 aliphatic rings. The summed E-state index contributed by atoms with van der Waals surface area (Å²) >= 11 is 0. The van der Waals surface area contributed by atoms with Crippen molar-refractivity contribution < 1.29 is 17.4 Å². The second-order valence-electron chi connectivity index (χ2n) is 4.24. The van der Waals surface area contributed by atoms with Gasteiger partial charge in [0.1, 0.15) is 10.6 Å². The number of hydrogen-bond donors (Lipinski definition) is 1. The Balaban J connectivity index is 2.26. The van der Waals surface area contributed by atoms with Crippen LogP contribution in [0.5, 0.6) is 5.75 Å². The molecule has 0 aromatic heterocycles. The summed E-state index contributed by atoms with van der Waals surface area (Å²) < 4.78 is 29.1. The first-order chi connectivity index (χ1) is 9.38. The highest BCUT2D eigenvalue weighted by Crippen LogP contribution is 2.19. The van der Waals surface area contributed by atoms with E-state index in [1.807, 2.05) is 6.92 Å². The van der Waals surface area contributed by atoms with Gasteiger partial charge in [0.25, 0.3) is 0 Å². The van der Waals surface area contributed by atoms with Crippen LogP contribution in [0.1, 0.15) is 15.9 Å². The molecule has 0 radical (unpaired) electrons. The van der Waals surface area contributed by atoms with E-state index >= 15 is 0 Å². The van der Waals surface area contributed by atoms with Gasteiger partial charge in [-0.3, -0.25) is 4.79 Å². The number of aryl methyl sites for hydroxylation is 1. The highest BCUT2D eigenvalue weighted by atomic mass is 32.2. The second kappa shape index (κ2) is 5.34. The summed E-state index contributed by atoms with van der Waals surface area (Å²) in [6.07, 6.45) is 0. The van der Waals surface area contributed by atoms with Crippen molar-refractivity contribution in [3.8, 4) is 5.75 Å². The number of carbonyl (C=O) groups is 1. The van der Waals surface area contributed by atoms with Gasteiger partial charge in [0, 0.05) is 5.56 Å². The van der Waals surface area contributed by atoms with E-state index in [1.165, 1.54) is 24.3 Å². The van der Waals surface area contributed by atoms with Gasteiger partial charge in [0.2, 0.25) is 5.91 Å². The molecule has 0 fully saturated rings. The molecule has 0 bridgehead atoms. The van der Waals surface area contributed by atoms with E-state index in [0.29, 0.717) is 0 Å². The number of carbonyl (C=O) groups excluding carboxylic acids is 1. The fourth-order valence-corrected chi connectivity index (χ4v) is 2.48. The number of primary amides is 1. The molecular formula is C14H13NO4S. The Kier molecular flexibility index (Phi) is 3.76. The van der Waals surface area contributed by atoms with Gasteiger partial charge in [-0.05, 0) is 43.3 Å². The van der Waals surface area contributed by atoms with Crippen molar-refractivity contribution in [2.24, 2.45) is 5.73 Å². The van der Waals surface area contributed by atoms with Crippen LogP contribution >= 0.6 is 0 Å². The summed E-state index contributed by atoms with van der Waals surface area (Å²) in [5.41, 5.74) is 6.33. The highest BCUT2D eigenvalue weighted by Gasteiger charge is 2.16. The fraction of sp³-hybridized carbons (Fsp3) is 0.0714. The predicted molar refractivity (Wildman–Crippen MR) is 74.0 cm³/mol. The van der Waals surface area contributed by atoms with Crippen molar-refractivity contribution in [1.29, 1.82) is 0 Å². The zero-order valence-corrected chi connectivity index (χ0v) is 11.6. The Morgan fingerprint density at radius 1 is 1.00 bits per heavy atom. The minimum atomic E-state index is -3.92. The van der Waals surface area contributed by atoms with Gasteiger partial charge in [-0.15, -0.1) is 0 Å². The number of hydrogen-bond acceptors (Lipinski definition) is 4. The molecule has 0 atom stereocenters. The maximum absolute atomic E-state index is 12.0. The number of benzene rings is 2. The van der Waals surface area contributed by atoms with E-state index in [9.17, 15) is 13.2 Å². The zero-order valence-electron chi connectivity index (χ0n) is 10.7. The standard InChI is InChI=1S/C14H13NO4S/c1-10-2-6-12(7-3-10)19-20(17,18)13-8-4-11(5-9-13)14(15)16/h2-9H,1H3,(H2,15,16). The lowest BCUT2D eigenvalue weighted by Crippen LogP contribution is -2.13.